The second kappa shape index (κ2) is 10.3. The summed E-state index contributed by atoms with van der Waals surface area (Å²) in [7, 11) is 0. The van der Waals surface area contributed by atoms with Gasteiger partial charge in [-0.2, -0.15) is 0 Å². The molecule has 3 aromatic heterocycles. The highest BCUT2D eigenvalue weighted by Crippen LogP contribution is 2.22. The number of ether oxygens (including phenoxy) is 1. The molecular formula is C20H19ClN4O5. The SMILES string of the molecule is CCOC(=O)c1cnco1.O=C(NCCc1c[nH]c2ccc(Cl)cc12)c1cnco1. The maximum Gasteiger partial charge on any atom is 0.375 e. The zero-order valence-electron chi connectivity index (χ0n) is 16.1. The van der Waals surface area contributed by atoms with E-state index in [1.165, 1.54) is 25.2 Å². The van der Waals surface area contributed by atoms with E-state index in [9.17, 15) is 9.59 Å². The van der Waals surface area contributed by atoms with Gasteiger partial charge in [0.05, 0.1) is 19.0 Å². The molecule has 30 heavy (non-hydrogen) atoms. The van der Waals surface area contributed by atoms with Gasteiger partial charge in [0.1, 0.15) is 0 Å². The fourth-order valence-corrected chi connectivity index (χ4v) is 2.77. The smallest absolute Gasteiger partial charge is 0.375 e. The van der Waals surface area contributed by atoms with E-state index in [4.69, 9.17) is 16.0 Å². The highest BCUT2D eigenvalue weighted by Gasteiger charge is 2.10. The maximum absolute atomic E-state index is 11.7. The first-order valence-corrected chi connectivity index (χ1v) is 9.44. The van der Waals surface area contributed by atoms with E-state index < -0.39 is 5.97 Å². The van der Waals surface area contributed by atoms with Gasteiger partial charge in [-0.1, -0.05) is 11.6 Å². The van der Waals surface area contributed by atoms with Crippen molar-refractivity contribution < 1.29 is 23.2 Å². The molecule has 0 radical (unpaired) electrons. The number of hydrogen-bond donors (Lipinski definition) is 2. The van der Waals surface area contributed by atoms with Gasteiger partial charge in [-0.05, 0) is 37.1 Å². The summed E-state index contributed by atoms with van der Waals surface area (Å²) >= 11 is 6.00. The Labute approximate surface area is 176 Å². The van der Waals surface area contributed by atoms with Crippen molar-refractivity contribution >= 4 is 34.4 Å². The van der Waals surface area contributed by atoms with Crippen molar-refractivity contribution in [2.75, 3.05) is 13.2 Å². The fraction of sp³-hybridized carbons (Fsp3) is 0.200. The van der Waals surface area contributed by atoms with Gasteiger partial charge in [0.2, 0.25) is 11.5 Å². The predicted octanol–water partition coefficient (Wildman–Crippen LogP) is 3.63. The van der Waals surface area contributed by atoms with E-state index in [2.05, 4.69) is 29.4 Å². The topological polar surface area (TPSA) is 123 Å². The van der Waals surface area contributed by atoms with E-state index in [-0.39, 0.29) is 17.4 Å². The molecule has 1 amide bonds. The highest BCUT2D eigenvalue weighted by molar-refractivity contribution is 6.31. The summed E-state index contributed by atoms with van der Waals surface area (Å²) in [5.74, 6) is -0.380. The van der Waals surface area contributed by atoms with Crippen LogP contribution in [-0.2, 0) is 11.2 Å². The molecule has 3 heterocycles. The third-order valence-electron chi connectivity index (χ3n) is 3.97. The first-order valence-electron chi connectivity index (χ1n) is 9.06. The number of nitrogens with zero attached hydrogens (tertiary/aromatic N) is 2. The van der Waals surface area contributed by atoms with Gasteiger partial charge in [-0.3, -0.25) is 4.79 Å². The highest BCUT2D eigenvalue weighted by atomic mass is 35.5. The minimum Gasteiger partial charge on any atom is -0.460 e. The van der Waals surface area contributed by atoms with Crippen LogP contribution < -0.4 is 5.32 Å². The molecule has 0 saturated heterocycles. The lowest BCUT2D eigenvalue weighted by atomic mass is 10.1. The van der Waals surface area contributed by atoms with Gasteiger partial charge in [0, 0.05) is 28.7 Å². The summed E-state index contributed by atoms with van der Waals surface area (Å²) < 4.78 is 14.2. The van der Waals surface area contributed by atoms with Gasteiger partial charge < -0.3 is 23.9 Å². The molecule has 9 nitrogen and oxygen atoms in total. The average molecular weight is 431 g/mol. The van der Waals surface area contributed by atoms with Crippen molar-refractivity contribution in [3.8, 4) is 0 Å². The Hall–Kier alpha value is -3.59. The Morgan fingerprint density at radius 2 is 1.90 bits per heavy atom. The third kappa shape index (κ3) is 5.48. The van der Waals surface area contributed by atoms with Crippen molar-refractivity contribution in [2.24, 2.45) is 0 Å². The Morgan fingerprint density at radius 1 is 1.17 bits per heavy atom. The zero-order chi connectivity index (χ0) is 21.3. The van der Waals surface area contributed by atoms with E-state index in [1.54, 1.807) is 6.92 Å². The normalized spacial score (nSPS) is 10.3. The molecule has 0 saturated carbocycles. The monoisotopic (exact) mass is 430 g/mol. The number of fused-ring (bicyclic) bond motifs is 1. The van der Waals surface area contributed by atoms with Crippen molar-refractivity contribution in [1.82, 2.24) is 20.3 Å². The lowest BCUT2D eigenvalue weighted by Crippen LogP contribution is -2.25. The summed E-state index contributed by atoms with van der Waals surface area (Å²) in [5, 5.41) is 4.56. The molecular weight excluding hydrogens is 412 g/mol. The predicted molar refractivity (Wildman–Crippen MR) is 108 cm³/mol. The fourth-order valence-electron chi connectivity index (χ4n) is 2.60. The first kappa shape index (κ1) is 21.1. The number of nitrogens with one attached hydrogen (secondary N) is 2. The summed E-state index contributed by atoms with van der Waals surface area (Å²) in [6.07, 6.45) is 7.77. The number of oxazole rings is 2. The van der Waals surface area contributed by atoms with Crippen LogP contribution in [0.5, 0.6) is 0 Å². The molecule has 4 aromatic rings. The number of halogens is 1. The van der Waals surface area contributed by atoms with Gasteiger partial charge in [0.25, 0.3) is 5.91 Å². The van der Waals surface area contributed by atoms with Crippen molar-refractivity contribution in [2.45, 2.75) is 13.3 Å². The molecule has 0 aliphatic carbocycles. The Bertz CT molecular complexity index is 1090. The Kier molecular flexibility index (Phi) is 7.23. The summed E-state index contributed by atoms with van der Waals surface area (Å²) in [6.45, 7) is 2.59. The van der Waals surface area contributed by atoms with Crippen LogP contribution in [0.15, 0.2) is 58.4 Å². The minimum atomic E-state index is -0.472. The molecule has 156 valence electrons. The van der Waals surface area contributed by atoms with Crippen LogP contribution in [0.2, 0.25) is 5.02 Å². The lowest BCUT2D eigenvalue weighted by molar-refractivity contribution is 0.0490. The van der Waals surface area contributed by atoms with Crippen LogP contribution in [0.4, 0.5) is 0 Å². The standard InChI is InChI=1S/C14H12ClN3O2.C6H7NO3/c15-10-1-2-12-11(5-10)9(6-18-12)3-4-17-14(19)13-7-16-8-20-13;1-2-9-6(8)5-3-7-4-10-5/h1-2,5-8,18H,3-4H2,(H,17,19);3-4H,2H2,1H3. The molecule has 0 bridgehead atoms. The number of H-pyrrole nitrogens is 1. The molecule has 0 aliphatic rings. The maximum atomic E-state index is 11.7. The van der Waals surface area contributed by atoms with Gasteiger partial charge in [-0.15, -0.1) is 0 Å². The number of aromatic nitrogens is 3. The minimum absolute atomic E-state index is 0.141. The average Bonchev–Trinajstić information content (AvgIpc) is 3.50. The Balaban J connectivity index is 0.000000216. The van der Waals surface area contributed by atoms with Crippen molar-refractivity contribution in [1.29, 1.82) is 0 Å². The van der Waals surface area contributed by atoms with E-state index in [0.29, 0.717) is 24.6 Å². The third-order valence-corrected chi connectivity index (χ3v) is 4.21. The van der Waals surface area contributed by atoms with Gasteiger partial charge in [0.15, 0.2) is 12.8 Å². The van der Waals surface area contributed by atoms with Crippen molar-refractivity contribution in [3.63, 3.8) is 0 Å². The van der Waals surface area contributed by atoms with E-state index in [0.717, 1.165) is 16.5 Å². The van der Waals surface area contributed by atoms with Gasteiger partial charge >= 0.3 is 5.97 Å². The molecule has 0 unspecified atom stereocenters. The van der Waals surface area contributed by atoms with Crippen LogP contribution in [0.3, 0.4) is 0 Å². The van der Waals surface area contributed by atoms with Crippen LogP contribution in [0.25, 0.3) is 10.9 Å². The molecule has 0 atom stereocenters. The number of amides is 1. The quantitative estimate of drug-likeness (QED) is 0.447. The summed E-state index contributed by atoms with van der Waals surface area (Å²) in [4.78, 5) is 32.9. The van der Waals surface area contributed by atoms with Gasteiger partial charge in [-0.25, -0.2) is 14.8 Å². The largest absolute Gasteiger partial charge is 0.460 e. The number of hydrogen-bond acceptors (Lipinski definition) is 7. The number of aromatic amines is 1. The molecule has 0 spiro atoms. The molecule has 0 aliphatic heterocycles. The number of benzene rings is 1. The van der Waals surface area contributed by atoms with E-state index in [1.807, 2.05) is 24.4 Å². The molecule has 2 N–H and O–H groups in total. The molecule has 0 fully saturated rings. The number of esters is 1. The van der Waals surface area contributed by atoms with Crippen LogP contribution in [0, 0.1) is 0 Å². The first-order chi connectivity index (χ1) is 14.6. The Morgan fingerprint density at radius 3 is 2.57 bits per heavy atom. The number of rotatable bonds is 6. The molecule has 10 heteroatoms. The number of carbonyl (C=O) groups is 2. The molecule has 4 rings (SSSR count). The zero-order valence-corrected chi connectivity index (χ0v) is 16.8. The van der Waals surface area contributed by atoms with Crippen LogP contribution in [-0.4, -0.2) is 40.0 Å². The van der Waals surface area contributed by atoms with Crippen LogP contribution in [0.1, 0.15) is 33.6 Å². The second-order valence-corrected chi connectivity index (χ2v) is 6.40. The second-order valence-electron chi connectivity index (χ2n) is 5.96. The lowest BCUT2D eigenvalue weighted by Gasteiger charge is -2.02. The van der Waals surface area contributed by atoms with E-state index >= 15 is 0 Å². The van der Waals surface area contributed by atoms with Crippen molar-refractivity contribution in [3.05, 3.63) is 71.7 Å². The van der Waals surface area contributed by atoms with Crippen LogP contribution >= 0.6 is 11.6 Å². The molecule has 1 aromatic carbocycles. The summed E-state index contributed by atoms with van der Waals surface area (Å²) in [5.41, 5.74) is 2.14. The number of carbonyl (C=O) groups excluding carboxylic acids is 2. The summed E-state index contributed by atoms with van der Waals surface area (Å²) in [6, 6.07) is 5.70.